The highest BCUT2D eigenvalue weighted by atomic mass is 16.5. The second-order valence-corrected chi connectivity index (χ2v) is 11.0. The van der Waals surface area contributed by atoms with E-state index >= 15 is 0 Å². The molecule has 1 aliphatic rings. The number of urea groups is 1. The van der Waals surface area contributed by atoms with Crippen LogP contribution in [-0.4, -0.2) is 84.0 Å². The number of esters is 1. The zero-order valence-electron chi connectivity index (χ0n) is 25.7. The smallest absolute Gasteiger partial charge is 0.312 e. The molecule has 1 aliphatic heterocycles. The maximum absolute atomic E-state index is 13.3. The summed E-state index contributed by atoms with van der Waals surface area (Å²) in [5.41, 5.74) is 6.43. The molecule has 0 spiro atoms. The highest BCUT2D eigenvalue weighted by Crippen LogP contribution is 2.20. The monoisotopic (exact) mass is 618 g/mol. The Hall–Kier alpha value is -4.20. The Morgan fingerprint density at radius 2 is 1.68 bits per heavy atom. The van der Waals surface area contributed by atoms with Crippen molar-refractivity contribution >= 4 is 41.3 Å². The number of hydrogen-bond acceptors (Lipinski definition) is 9. The molecule has 2 atom stereocenters. The fraction of sp³-hybridized carbons (Fsp3) is 0.600. The normalized spacial score (nSPS) is 14.7. The van der Waals surface area contributed by atoms with Gasteiger partial charge in [0.2, 0.25) is 23.6 Å². The number of anilines is 1. The lowest BCUT2D eigenvalue weighted by Gasteiger charge is -2.31. The van der Waals surface area contributed by atoms with Gasteiger partial charge in [-0.2, -0.15) is 0 Å². The van der Waals surface area contributed by atoms with Gasteiger partial charge in [0.1, 0.15) is 12.1 Å². The van der Waals surface area contributed by atoms with Crippen LogP contribution in [0.25, 0.3) is 0 Å². The van der Waals surface area contributed by atoms with E-state index in [2.05, 4.69) is 21.3 Å². The molecule has 0 aromatic heterocycles. The van der Waals surface area contributed by atoms with E-state index in [9.17, 15) is 33.9 Å². The molecule has 14 nitrogen and oxygen atoms in total. The largest absolute Gasteiger partial charge is 0.466 e. The number of nitrogens with zero attached hydrogens (tertiary/aromatic N) is 1. The highest BCUT2D eigenvalue weighted by Gasteiger charge is 2.30. The summed E-state index contributed by atoms with van der Waals surface area (Å²) in [5.74, 6) is -2.92. The number of carbonyl (C=O) groups excluding carboxylic acids is 6. The summed E-state index contributed by atoms with van der Waals surface area (Å²) in [5, 5.41) is 19.9. The zero-order chi connectivity index (χ0) is 32.6. The van der Waals surface area contributed by atoms with Gasteiger partial charge < -0.3 is 36.4 Å². The van der Waals surface area contributed by atoms with Crippen LogP contribution >= 0.6 is 0 Å². The zero-order valence-corrected chi connectivity index (χ0v) is 25.7. The van der Waals surface area contributed by atoms with Crippen LogP contribution in [0.3, 0.4) is 0 Å². The predicted octanol–water partition coefficient (Wildman–Crippen LogP) is 0.773. The van der Waals surface area contributed by atoms with Crippen molar-refractivity contribution in [1.82, 2.24) is 20.9 Å². The minimum absolute atomic E-state index is 0.0949. The number of ether oxygens (including phenoxy) is 1. The molecule has 1 aromatic carbocycles. The number of benzene rings is 1. The van der Waals surface area contributed by atoms with Crippen LogP contribution in [0.1, 0.15) is 64.9 Å². The van der Waals surface area contributed by atoms with E-state index in [0.717, 1.165) is 0 Å². The number of likely N-dealkylation sites (tertiary alicyclic amines) is 1. The van der Waals surface area contributed by atoms with Gasteiger partial charge in [-0.1, -0.05) is 26.0 Å². The average Bonchev–Trinajstić information content (AvgIpc) is 3.00. The molecule has 0 unspecified atom stereocenters. The minimum atomic E-state index is -1.03. The van der Waals surface area contributed by atoms with Crippen LogP contribution in [0.5, 0.6) is 0 Å². The number of imide groups is 1. The Morgan fingerprint density at radius 3 is 2.25 bits per heavy atom. The van der Waals surface area contributed by atoms with Gasteiger partial charge in [-0.3, -0.25) is 29.3 Å². The number of nitrogens with two attached hydrogens (primary N) is 1. The first-order valence-electron chi connectivity index (χ1n) is 15.0. The molecule has 7 N–H and O–H groups in total. The van der Waals surface area contributed by atoms with Crippen molar-refractivity contribution in [3.8, 4) is 0 Å². The Kier molecular flexibility index (Phi) is 15.1. The Morgan fingerprint density at radius 1 is 1.02 bits per heavy atom. The van der Waals surface area contributed by atoms with Gasteiger partial charge in [-0.05, 0) is 56.2 Å². The van der Waals surface area contributed by atoms with Crippen molar-refractivity contribution in [1.29, 1.82) is 0 Å². The molecule has 0 radical (unpaired) electrons. The van der Waals surface area contributed by atoms with Gasteiger partial charge in [-0.15, -0.1) is 0 Å². The van der Waals surface area contributed by atoms with Crippen LogP contribution in [0.2, 0.25) is 0 Å². The van der Waals surface area contributed by atoms with Crippen molar-refractivity contribution in [2.24, 2.45) is 17.6 Å². The van der Waals surface area contributed by atoms with Gasteiger partial charge >= 0.3 is 12.0 Å². The number of amides is 6. The number of piperidine rings is 1. The van der Waals surface area contributed by atoms with Crippen LogP contribution in [0.15, 0.2) is 24.3 Å². The van der Waals surface area contributed by atoms with Crippen LogP contribution in [0.4, 0.5) is 10.5 Å². The topological polar surface area (TPSA) is 209 Å². The Bertz CT molecular complexity index is 1130. The van der Waals surface area contributed by atoms with E-state index in [0.29, 0.717) is 56.6 Å². The number of carbonyl (C=O) groups is 6. The second kappa shape index (κ2) is 18.5. The lowest BCUT2D eigenvalue weighted by molar-refractivity contribution is -0.151. The molecule has 0 aliphatic carbocycles. The summed E-state index contributed by atoms with van der Waals surface area (Å²) in [4.78, 5) is 76.1. The molecule has 0 bridgehead atoms. The van der Waals surface area contributed by atoms with Crippen LogP contribution in [-0.2, 0) is 35.3 Å². The molecule has 1 heterocycles. The summed E-state index contributed by atoms with van der Waals surface area (Å²) in [6, 6.07) is 4.33. The average molecular weight is 619 g/mol. The summed E-state index contributed by atoms with van der Waals surface area (Å²) in [6.45, 7) is 6.41. The molecule has 244 valence electrons. The first-order chi connectivity index (χ1) is 20.9. The summed E-state index contributed by atoms with van der Waals surface area (Å²) < 4.78 is 5.05. The van der Waals surface area contributed by atoms with Crippen molar-refractivity contribution in [2.45, 2.75) is 78.0 Å². The van der Waals surface area contributed by atoms with Gasteiger partial charge in [0.25, 0.3) is 0 Å². The number of nitrogens with one attached hydrogen (secondary N) is 4. The third kappa shape index (κ3) is 12.2. The highest BCUT2D eigenvalue weighted by molar-refractivity contribution is 6.00. The molecule has 0 saturated carbocycles. The summed E-state index contributed by atoms with van der Waals surface area (Å²) in [7, 11) is 0. The van der Waals surface area contributed by atoms with Crippen molar-refractivity contribution in [2.75, 3.05) is 31.6 Å². The van der Waals surface area contributed by atoms with Gasteiger partial charge in [-0.25, -0.2) is 4.79 Å². The Labute approximate surface area is 257 Å². The first kappa shape index (κ1) is 36.0. The minimum Gasteiger partial charge on any atom is -0.466 e. The first-order valence-corrected chi connectivity index (χ1v) is 15.0. The second-order valence-electron chi connectivity index (χ2n) is 11.0. The quantitative estimate of drug-likeness (QED) is 0.114. The standard InChI is InChI=1S/C30H46N6O8/c1-4-44-29(42)21-13-16-36(17-14-21)25(39)12-11-24(38)34-28(41)26(19(2)3)35-27(40)23(6-5-15-32-30(31)43)33-22-9-7-20(18-37)8-10-22/h7-10,19,21,23,26,33,37H,4-6,11-18H2,1-3H3,(H,35,40)(H3,31,32,43)(H,34,38,41)/t23-,26-/m0/s1. The fourth-order valence-corrected chi connectivity index (χ4v) is 4.76. The van der Waals surface area contributed by atoms with E-state index in [4.69, 9.17) is 10.5 Å². The molecular weight excluding hydrogens is 572 g/mol. The van der Waals surface area contributed by atoms with Gasteiger partial charge in [0.15, 0.2) is 0 Å². The number of aliphatic hydroxyl groups excluding tert-OH is 1. The molecule has 1 fully saturated rings. The molecule has 6 amide bonds. The third-order valence-electron chi connectivity index (χ3n) is 7.31. The predicted molar refractivity (Wildman–Crippen MR) is 162 cm³/mol. The van der Waals surface area contributed by atoms with Crippen molar-refractivity contribution in [3.63, 3.8) is 0 Å². The lowest BCUT2D eigenvalue weighted by atomic mass is 9.96. The van der Waals surface area contributed by atoms with E-state index in [1.54, 1.807) is 49.9 Å². The molecule has 2 rings (SSSR count). The van der Waals surface area contributed by atoms with Crippen molar-refractivity contribution in [3.05, 3.63) is 29.8 Å². The van der Waals surface area contributed by atoms with Crippen molar-refractivity contribution < 1.29 is 38.6 Å². The van der Waals surface area contributed by atoms with Gasteiger partial charge in [0, 0.05) is 38.2 Å². The SMILES string of the molecule is CCOC(=O)C1CCN(C(=O)CCC(=O)NC(=O)[C@@H](NC(=O)[C@H](CCCNC(N)=O)Nc2ccc(CO)cc2)C(C)C)CC1. The van der Waals surface area contributed by atoms with Crippen LogP contribution in [0, 0.1) is 11.8 Å². The van der Waals surface area contributed by atoms with Gasteiger partial charge in [0.05, 0.1) is 19.1 Å². The summed E-state index contributed by atoms with van der Waals surface area (Å²) >= 11 is 0. The fourth-order valence-electron chi connectivity index (χ4n) is 4.76. The maximum Gasteiger partial charge on any atom is 0.312 e. The molecule has 1 aromatic rings. The number of rotatable bonds is 16. The molecule has 14 heteroatoms. The molecular formula is C30H46N6O8. The molecule has 44 heavy (non-hydrogen) atoms. The third-order valence-corrected chi connectivity index (χ3v) is 7.31. The van der Waals surface area contributed by atoms with E-state index in [1.807, 2.05) is 0 Å². The van der Waals surface area contributed by atoms with Crippen LogP contribution < -0.4 is 27.0 Å². The summed E-state index contributed by atoms with van der Waals surface area (Å²) in [6.07, 6.45) is 1.39. The number of primary amides is 1. The van der Waals surface area contributed by atoms with E-state index < -0.39 is 35.8 Å². The number of aliphatic hydroxyl groups is 1. The van der Waals surface area contributed by atoms with E-state index in [1.165, 1.54) is 0 Å². The molecule has 1 saturated heterocycles. The lowest BCUT2D eigenvalue weighted by Crippen LogP contribution is -2.54. The van der Waals surface area contributed by atoms with E-state index in [-0.39, 0.29) is 49.7 Å². The number of hydrogen-bond donors (Lipinski definition) is 6. The Balaban J connectivity index is 1.93. The maximum atomic E-state index is 13.3.